The van der Waals surface area contributed by atoms with Crippen LogP contribution in [0.25, 0.3) is 0 Å². The zero-order valence-corrected chi connectivity index (χ0v) is 61.9. The average Bonchev–Trinajstić information content (AvgIpc) is 3.73. The molecule has 6 nitrogen and oxygen atoms in total. The molecule has 0 heterocycles. The molecule has 0 radical (unpaired) electrons. The minimum atomic E-state index is -0.841. The van der Waals surface area contributed by atoms with E-state index in [9.17, 15) is 19.8 Å². The van der Waals surface area contributed by atoms with Crippen molar-refractivity contribution >= 4 is 11.9 Å². The summed E-state index contributed by atoms with van der Waals surface area (Å²) in [5.41, 5.74) is 0. The lowest BCUT2D eigenvalue weighted by atomic mass is 10.0. The summed E-state index contributed by atoms with van der Waals surface area (Å²) in [5, 5.41) is 23.3. The molecule has 6 heteroatoms. The average molecular weight is 1280 g/mol. The molecule has 0 aliphatic carbocycles. The van der Waals surface area contributed by atoms with Crippen LogP contribution in [0.2, 0.25) is 0 Å². The number of aliphatic hydroxyl groups is 2. The van der Waals surface area contributed by atoms with Gasteiger partial charge in [0.05, 0.1) is 25.4 Å². The maximum absolute atomic E-state index is 12.5. The van der Waals surface area contributed by atoms with E-state index >= 15 is 0 Å². The summed E-state index contributed by atoms with van der Waals surface area (Å²) >= 11 is 0. The van der Waals surface area contributed by atoms with Gasteiger partial charge in [-0.3, -0.25) is 9.59 Å². The van der Waals surface area contributed by atoms with Crippen LogP contribution in [0.1, 0.15) is 470 Å². The third kappa shape index (κ3) is 77.0. The van der Waals surface area contributed by atoms with E-state index in [1.54, 1.807) is 6.08 Å². The van der Waals surface area contributed by atoms with Gasteiger partial charge in [-0.2, -0.15) is 0 Å². The summed E-state index contributed by atoms with van der Waals surface area (Å²) in [7, 11) is 0. The number of rotatable bonds is 79. The Bertz CT molecular complexity index is 1470. The van der Waals surface area contributed by atoms with Crippen LogP contribution < -0.4 is 5.32 Å². The number of carbonyl (C=O) groups is 2. The summed E-state index contributed by atoms with van der Waals surface area (Å²) in [6.07, 6.45) is 106. The number of aliphatic hydroxyl groups excluding tert-OH is 2. The standard InChI is InChI=1S/C85H163NO5/c1-3-5-7-9-11-13-15-17-19-21-46-49-53-57-61-65-69-73-77-83(88)82(81-87)86-84(89)78-74-70-66-62-58-54-50-47-43-41-39-37-35-33-31-29-27-25-23-22-24-26-28-30-32-34-36-38-40-42-44-48-52-56-60-64-68-72-76-80-91-85(90)79-75-71-67-63-59-55-51-45-20-18-16-14-12-10-8-6-4-2/h12,14,18,20,73,77,82-83,87-88H,3-11,13,15-17,19,21-72,74-76,78-81H2,1-2H3,(H,86,89)/b14-12-,20-18-,77-73+. The molecule has 91 heavy (non-hydrogen) atoms. The Kier molecular flexibility index (Phi) is 78.8. The van der Waals surface area contributed by atoms with Gasteiger partial charge in [0.1, 0.15) is 0 Å². The third-order valence-corrected chi connectivity index (χ3v) is 19.7. The molecule has 0 saturated carbocycles. The molecule has 0 aromatic carbocycles. The van der Waals surface area contributed by atoms with Crippen molar-refractivity contribution in [3.63, 3.8) is 0 Å². The number of unbranched alkanes of at least 4 members (excludes halogenated alkanes) is 64. The molecule has 0 aliphatic heterocycles. The van der Waals surface area contributed by atoms with Gasteiger partial charge in [0.15, 0.2) is 0 Å². The van der Waals surface area contributed by atoms with E-state index < -0.39 is 12.1 Å². The van der Waals surface area contributed by atoms with E-state index in [0.717, 1.165) is 51.4 Å². The quantitative estimate of drug-likeness (QED) is 0.0320. The maximum Gasteiger partial charge on any atom is 0.305 e. The molecule has 1 amide bonds. The molecule has 0 bridgehead atoms. The number of amides is 1. The van der Waals surface area contributed by atoms with Gasteiger partial charge in [-0.05, 0) is 64.2 Å². The van der Waals surface area contributed by atoms with Crippen molar-refractivity contribution in [3.05, 3.63) is 36.5 Å². The summed E-state index contributed by atoms with van der Waals surface area (Å²) in [5.74, 6) is -0.0409. The Morgan fingerprint density at radius 2 is 0.549 bits per heavy atom. The first-order valence-electron chi connectivity index (χ1n) is 41.8. The van der Waals surface area contributed by atoms with Gasteiger partial charge in [0.2, 0.25) is 5.91 Å². The molecule has 2 atom stereocenters. The minimum Gasteiger partial charge on any atom is -0.466 e. The lowest BCUT2D eigenvalue weighted by molar-refractivity contribution is -0.143. The lowest BCUT2D eigenvalue weighted by Gasteiger charge is -2.20. The van der Waals surface area contributed by atoms with Gasteiger partial charge in [-0.25, -0.2) is 0 Å². The lowest BCUT2D eigenvalue weighted by Crippen LogP contribution is -2.45. The molecule has 0 aliphatic rings. The Balaban J connectivity index is 3.31. The van der Waals surface area contributed by atoms with Gasteiger partial charge in [0.25, 0.3) is 0 Å². The Morgan fingerprint density at radius 3 is 0.857 bits per heavy atom. The molecular weight excluding hydrogens is 1110 g/mol. The van der Waals surface area contributed by atoms with Crippen molar-refractivity contribution in [3.8, 4) is 0 Å². The van der Waals surface area contributed by atoms with Crippen LogP contribution in [-0.4, -0.2) is 47.4 Å². The number of hydrogen-bond acceptors (Lipinski definition) is 5. The number of nitrogens with one attached hydrogen (secondary N) is 1. The van der Waals surface area contributed by atoms with E-state index in [1.807, 2.05) is 6.08 Å². The second kappa shape index (κ2) is 80.5. The van der Waals surface area contributed by atoms with Crippen LogP contribution in [0.15, 0.2) is 36.5 Å². The number of esters is 1. The Labute approximate surface area is 570 Å². The van der Waals surface area contributed by atoms with E-state index in [2.05, 4.69) is 43.5 Å². The van der Waals surface area contributed by atoms with Gasteiger partial charge in [0, 0.05) is 12.8 Å². The highest BCUT2D eigenvalue weighted by molar-refractivity contribution is 5.76. The smallest absolute Gasteiger partial charge is 0.305 e. The number of hydrogen-bond donors (Lipinski definition) is 3. The molecule has 0 rings (SSSR count). The van der Waals surface area contributed by atoms with E-state index in [0.29, 0.717) is 19.4 Å². The Morgan fingerprint density at radius 1 is 0.308 bits per heavy atom. The predicted octanol–water partition coefficient (Wildman–Crippen LogP) is 27.8. The van der Waals surface area contributed by atoms with Crippen LogP contribution in [0.3, 0.4) is 0 Å². The maximum atomic E-state index is 12.5. The molecular formula is C85H163NO5. The summed E-state index contributed by atoms with van der Waals surface area (Å²) in [6, 6.07) is -0.624. The summed E-state index contributed by atoms with van der Waals surface area (Å²) < 4.78 is 5.51. The molecule has 3 N–H and O–H groups in total. The third-order valence-electron chi connectivity index (χ3n) is 19.7. The van der Waals surface area contributed by atoms with Crippen LogP contribution in [-0.2, 0) is 14.3 Å². The number of carbonyl (C=O) groups excluding carboxylic acids is 2. The first kappa shape index (κ1) is 89.1. The largest absolute Gasteiger partial charge is 0.466 e. The fraction of sp³-hybridized carbons (Fsp3) is 0.906. The van der Waals surface area contributed by atoms with Gasteiger partial charge < -0.3 is 20.3 Å². The predicted molar refractivity (Wildman–Crippen MR) is 403 cm³/mol. The minimum absolute atomic E-state index is 0.0168. The highest BCUT2D eigenvalue weighted by atomic mass is 16.5. The van der Waals surface area contributed by atoms with Gasteiger partial charge in [-0.15, -0.1) is 0 Å². The van der Waals surface area contributed by atoms with Crippen LogP contribution in [0, 0.1) is 0 Å². The highest BCUT2D eigenvalue weighted by Gasteiger charge is 2.18. The number of allylic oxidation sites excluding steroid dienone is 5. The van der Waals surface area contributed by atoms with Crippen molar-refractivity contribution < 1.29 is 24.5 Å². The van der Waals surface area contributed by atoms with Crippen molar-refractivity contribution in [1.29, 1.82) is 0 Å². The van der Waals surface area contributed by atoms with Crippen LogP contribution in [0.5, 0.6) is 0 Å². The number of ether oxygens (including phenoxy) is 1. The van der Waals surface area contributed by atoms with Crippen molar-refractivity contribution in [1.82, 2.24) is 5.32 Å². The van der Waals surface area contributed by atoms with E-state index in [4.69, 9.17) is 4.74 Å². The second-order valence-corrected chi connectivity index (χ2v) is 28.8. The first-order valence-corrected chi connectivity index (χ1v) is 41.8. The molecule has 2 unspecified atom stereocenters. The van der Waals surface area contributed by atoms with E-state index in [1.165, 1.54) is 392 Å². The fourth-order valence-electron chi connectivity index (χ4n) is 13.3. The topological polar surface area (TPSA) is 95.9 Å². The fourth-order valence-corrected chi connectivity index (χ4v) is 13.3. The molecule has 0 aromatic heterocycles. The summed E-state index contributed by atoms with van der Waals surface area (Å²) in [6.45, 7) is 4.93. The zero-order valence-electron chi connectivity index (χ0n) is 61.9. The van der Waals surface area contributed by atoms with E-state index in [-0.39, 0.29) is 18.5 Å². The van der Waals surface area contributed by atoms with Crippen LogP contribution in [0.4, 0.5) is 0 Å². The monoisotopic (exact) mass is 1280 g/mol. The normalized spacial score (nSPS) is 12.6. The SMILES string of the molecule is CCCCC/C=C\C/C=C\CCCCCCCCCC(=O)OCCCCCCCCCCCCCCCCCCCCCCCCCCCCCCCCCCCCCCCCCC(=O)NC(CO)C(O)/C=C/CCCCCCCCCCCCCCCCCC. The van der Waals surface area contributed by atoms with Crippen LogP contribution >= 0.6 is 0 Å². The first-order chi connectivity index (χ1) is 45.0. The zero-order chi connectivity index (χ0) is 65.6. The van der Waals surface area contributed by atoms with Crippen molar-refractivity contribution in [2.24, 2.45) is 0 Å². The van der Waals surface area contributed by atoms with Crippen molar-refractivity contribution in [2.45, 2.75) is 482 Å². The molecule has 0 aromatic rings. The van der Waals surface area contributed by atoms with Crippen molar-refractivity contribution in [2.75, 3.05) is 13.2 Å². The highest BCUT2D eigenvalue weighted by Crippen LogP contribution is 2.20. The Hall–Kier alpha value is -1.92. The molecule has 0 fully saturated rings. The molecule has 0 saturated heterocycles. The van der Waals surface area contributed by atoms with Gasteiger partial charge >= 0.3 is 5.97 Å². The molecule has 538 valence electrons. The van der Waals surface area contributed by atoms with Gasteiger partial charge in [-0.1, -0.05) is 429 Å². The molecule has 0 spiro atoms. The second-order valence-electron chi connectivity index (χ2n) is 28.8. The summed E-state index contributed by atoms with van der Waals surface area (Å²) in [4.78, 5) is 24.6.